The van der Waals surface area contributed by atoms with Gasteiger partial charge < -0.3 is 9.47 Å². The molecule has 0 rings (SSSR count). The summed E-state index contributed by atoms with van der Waals surface area (Å²) in [6, 6.07) is 0. The Balaban J connectivity index is 4.49. The Morgan fingerprint density at radius 3 is 1.42 bits per heavy atom. The average Bonchev–Trinajstić information content (AvgIpc) is 2.38. The van der Waals surface area contributed by atoms with Gasteiger partial charge in [-0.15, -0.1) is 0 Å². The minimum atomic E-state index is -0.435. The van der Waals surface area contributed by atoms with Crippen LogP contribution in [0, 0.1) is 17.3 Å². The van der Waals surface area contributed by atoms with E-state index in [2.05, 4.69) is 31.9 Å². The van der Waals surface area contributed by atoms with Crippen LogP contribution in [0.3, 0.4) is 0 Å². The van der Waals surface area contributed by atoms with E-state index in [1.807, 2.05) is 0 Å². The van der Waals surface area contributed by atoms with E-state index in [4.69, 9.17) is 9.47 Å². The molecule has 0 aromatic heterocycles. The van der Waals surface area contributed by atoms with E-state index in [9.17, 15) is 9.59 Å². The minimum Gasteiger partial charge on any atom is -0.465 e. The summed E-state index contributed by atoms with van der Waals surface area (Å²) >= 11 is 6.79. The van der Waals surface area contributed by atoms with Crippen molar-refractivity contribution < 1.29 is 19.1 Å². The summed E-state index contributed by atoms with van der Waals surface area (Å²) in [6.07, 6.45) is 0. The first-order valence-corrected chi connectivity index (χ1v) is 8.47. The molecule has 6 heteroatoms. The molecule has 4 nitrogen and oxygen atoms in total. The van der Waals surface area contributed by atoms with Crippen molar-refractivity contribution >= 4 is 43.8 Å². The van der Waals surface area contributed by atoms with E-state index in [1.54, 1.807) is 27.7 Å². The van der Waals surface area contributed by atoms with E-state index < -0.39 is 5.41 Å². The topological polar surface area (TPSA) is 52.6 Å². The second kappa shape index (κ2) is 8.95. The SMILES string of the molecule is CC(C)C(=O)OCC(CBr)(CBr)COC(=O)C(C)C. The molecule has 0 aromatic carbocycles. The highest BCUT2D eigenvalue weighted by molar-refractivity contribution is 9.09. The fourth-order valence-electron chi connectivity index (χ4n) is 1.01. The number of carbonyl (C=O) groups excluding carboxylic acids is 2. The van der Waals surface area contributed by atoms with E-state index >= 15 is 0 Å². The molecule has 0 saturated carbocycles. The largest absolute Gasteiger partial charge is 0.465 e. The molecular weight excluding hydrogens is 380 g/mol. The van der Waals surface area contributed by atoms with E-state index in [0.29, 0.717) is 10.7 Å². The summed E-state index contributed by atoms with van der Waals surface area (Å²) in [4.78, 5) is 23.0. The number of ether oxygens (including phenoxy) is 2. The summed E-state index contributed by atoms with van der Waals surface area (Å²) < 4.78 is 10.5. The van der Waals surface area contributed by atoms with Crippen molar-refractivity contribution in [2.45, 2.75) is 27.7 Å². The van der Waals surface area contributed by atoms with Crippen molar-refractivity contribution in [3.63, 3.8) is 0 Å². The van der Waals surface area contributed by atoms with E-state index in [0.717, 1.165) is 0 Å². The smallest absolute Gasteiger partial charge is 0.308 e. The molecule has 0 N–H and O–H groups in total. The maximum Gasteiger partial charge on any atom is 0.308 e. The molecule has 0 aliphatic carbocycles. The predicted octanol–water partition coefficient (Wildman–Crippen LogP) is 3.16. The number of hydrogen-bond acceptors (Lipinski definition) is 4. The molecule has 0 radical (unpaired) electrons. The molecule has 0 atom stereocenters. The fraction of sp³-hybridized carbons (Fsp3) is 0.846. The summed E-state index contributed by atoms with van der Waals surface area (Å²) in [6.45, 7) is 7.56. The van der Waals surface area contributed by atoms with Crippen molar-refractivity contribution in [3.05, 3.63) is 0 Å². The fourth-order valence-corrected chi connectivity index (χ4v) is 2.59. The molecule has 0 bridgehead atoms. The van der Waals surface area contributed by atoms with Crippen LogP contribution in [0.5, 0.6) is 0 Å². The van der Waals surface area contributed by atoms with Gasteiger partial charge in [0.15, 0.2) is 0 Å². The Morgan fingerprint density at radius 2 is 1.21 bits per heavy atom. The Labute approximate surface area is 131 Å². The monoisotopic (exact) mass is 400 g/mol. The van der Waals surface area contributed by atoms with Crippen molar-refractivity contribution in [2.24, 2.45) is 17.3 Å². The molecule has 0 aromatic rings. The molecule has 0 aliphatic rings. The zero-order valence-corrected chi connectivity index (χ0v) is 15.0. The Kier molecular flexibility index (Phi) is 8.90. The second-order valence-electron chi connectivity index (χ2n) is 5.29. The normalized spacial score (nSPS) is 11.8. The van der Waals surface area contributed by atoms with Crippen molar-refractivity contribution in [2.75, 3.05) is 23.9 Å². The van der Waals surface area contributed by atoms with Gasteiger partial charge in [-0.1, -0.05) is 59.6 Å². The molecule has 0 spiro atoms. The number of carbonyl (C=O) groups is 2. The van der Waals surface area contributed by atoms with Gasteiger partial charge in [-0.2, -0.15) is 0 Å². The molecule has 0 saturated heterocycles. The van der Waals surface area contributed by atoms with Gasteiger partial charge in [-0.3, -0.25) is 9.59 Å². The molecule has 0 heterocycles. The average molecular weight is 402 g/mol. The zero-order valence-electron chi connectivity index (χ0n) is 11.9. The molecule has 0 unspecified atom stereocenters. The van der Waals surface area contributed by atoms with Gasteiger partial charge in [-0.05, 0) is 0 Å². The number of halogens is 2. The lowest BCUT2D eigenvalue weighted by atomic mass is 9.96. The van der Waals surface area contributed by atoms with E-state index in [1.165, 1.54) is 0 Å². The maximum atomic E-state index is 11.5. The molecule has 19 heavy (non-hydrogen) atoms. The van der Waals surface area contributed by atoms with Crippen molar-refractivity contribution in [1.82, 2.24) is 0 Å². The van der Waals surface area contributed by atoms with Crippen LogP contribution < -0.4 is 0 Å². The van der Waals surface area contributed by atoms with Crippen LogP contribution in [0.2, 0.25) is 0 Å². The zero-order chi connectivity index (χ0) is 15.1. The highest BCUT2D eigenvalue weighted by Crippen LogP contribution is 2.25. The van der Waals surface area contributed by atoms with Gasteiger partial charge >= 0.3 is 11.9 Å². The Bertz CT molecular complexity index is 273. The highest BCUT2D eigenvalue weighted by atomic mass is 79.9. The first-order chi connectivity index (χ1) is 8.78. The second-order valence-corrected chi connectivity index (χ2v) is 6.41. The third kappa shape index (κ3) is 6.75. The van der Waals surface area contributed by atoms with Crippen LogP contribution >= 0.6 is 31.9 Å². The molecule has 0 fully saturated rings. The van der Waals surface area contributed by atoms with Crippen LogP contribution in [0.15, 0.2) is 0 Å². The van der Waals surface area contributed by atoms with Crippen molar-refractivity contribution in [3.8, 4) is 0 Å². The summed E-state index contributed by atoms with van der Waals surface area (Å²) in [5.41, 5.74) is -0.435. The van der Waals surface area contributed by atoms with E-state index in [-0.39, 0.29) is 37.0 Å². The lowest BCUT2D eigenvalue weighted by molar-refractivity contribution is -0.155. The van der Waals surface area contributed by atoms with Crippen molar-refractivity contribution in [1.29, 1.82) is 0 Å². The standard InChI is InChI=1S/C13H22Br2O4/c1-9(2)11(16)18-7-13(5-14,6-15)8-19-12(17)10(3)4/h9-10H,5-8H2,1-4H3. The number of hydrogen-bond donors (Lipinski definition) is 0. The summed E-state index contributed by atoms with van der Waals surface area (Å²) in [5.74, 6) is -0.828. The third-order valence-corrected chi connectivity index (χ3v) is 4.93. The van der Waals surface area contributed by atoms with Crippen LogP contribution in [-0.2, 0) is 19.1 Å². The Hall–Kier alpha value is -0.100. The minimum absolute atomic E-state index is 0.165. The lowest BCUT2D eigenvalue weighted by Gasteiger charge is -2.29. The van der Waals surface area contributed by atoms with Gasteiger partial charge in [-0.25, -0.2) is 0 Å². The van der Waals surface area contributed by atoms with Gasteiger partial charge in [0.2, 0.25) is 0 Å². The van der Waals surface area contributed by atoms with Gasteiger partial charge in [0.1, 0.15) is 13.2 Å². The number of rotatable bonds is 8. The molecular formula is C13H22Br2O4. The third-order valence-electron chi connectivity index (χ3n) is 2.55. The lowest BCUT2D eigenvalue weighted by Crippen LogP contribution is -2.38. The molecule has 0 aliphatic heterocycles. The van der Waals surface area contributed by atoms with Crippen LogP contribution in [0.1, 0.15) is 27.7 Å². The quantitative estimate of drug-likeness (QED) is 0.463. The van der Waals surface area contributed by atoms with Gasteiger partial charge in [0.05, 0.1) is 17.3 Å². The van der Waals surface area contributed by atoms with Gasteiger partial charge in [0, 0.05) is 10.7 Å². The molecule has 112 valence electrons. The first kappa shape index (κ1) is 18.9. The first-order valence-electron chi connectivity index (χ1n) is 6.23. The highest BCUT2D eigenvalue weighted by Gasteiger charge is 2.32. The number of esters is 2. The van der Waals surface area contributed by atoms with Crippen LogP contribution in [0.25, 0.3) is 0 Å². The Morgan fingerprint density at radius 1 is 0.895 bits per heavy atom. The van der Waals surface area contributed by atoms with Gasteiger partial charge in [0.25, 0.3) is 0 Å². The van der Waals surface area contributed by atoms with Crippen LogP contribution in [-0.4, -0.2) is 35.8 Å². The number of alkyl halides is 2. The maximum absolute atomic E-state index is 11.5. The molecule has 0 amide bonds. The van der Waals surface area contributed by atoms with Crippen LogP contribution in [0.4, 0.5) is 0 Å². The summed E-state index contributed by atoms with van der Waals surface area (Å²) in [5, 5.41) is 1.14. The predicted molar refractivity (Wildman–Crippen MR) is 81.6 cm³/mol. The summed E-state index contributed by atoms with van der Waals surface area (Å²) in [7, 11) is 0.